The Kier molecular flexibility index (Phi) is 7.34. The molecule has 0 aliphatic heterocycles. The fourth-order valence-electron chi connectivity index (χ4n) is 1.16. The van der Waals surface area contributed by atoms with Crippen LogP contribution in [0.5, 0.6) is 0 Å². The lowest BCUT2D eigenvalue weighted by molar-refractivity contribution is 0.0875. The summed E-state index contributed by atoms with van der Waals surface area (Å²) in [6.45, 7) is 3.12. The highest BCUT2D eigenvalue weighted by molar-refractivity contribution is 6.62. The zero-order valence-electron chi connectivity index (χ0n) is 9.29. The summed E-state index contributed by atoms with van der Waals surface area (Å²) in [4.78, 5) is 0. The van der Waals surface area contributed by atoms with E-state index in [0.717, 1.165) is 12.8 Å². The average Bonchev–Trinajstić information content (AvgIpc) is 2.24. The van der Waals surface area contributed by atoms with E-state index in [2.05, 4.69) is 0 Å². The van der Waals surface area contributed by atoms with Crippen molar-refractivity contribution >= 4 is 8.80 Å². The predicted molar refractivity (Wildman–Crippen MR) is 57.7 cm³/mol. The van der Waals surface area contributed by atoms with E-state index in [0.29, 0.717) is 13.2 Å². The quantitative estimate of drug-likeness (QED) is 0.441. The fraction of sp³-hybridized carbons (Fsp3) is 1.00. The van der Waals surface area contributed by atoms with Crippen LogP contribution in [0.25, 0.3) is 0 Å². The molecule has 0 aliphatic carbocycles. The minimum absolute atomic E-state index is 0.171. The van der Waals surface area contributed by atoms with E-state index in [4.69, 9.17) is 24.7 Å². The second kappa shape index (κ2) is 7.33. The van der Waals surface area contributed by atoms with E-state index in [-0.39, 0.29) is 5.67 Å². The maximum atomic E-state index is 5.91. The molecule has 0 aromatic carbocycles. The summed E-state index contributed by atoms with van der Waals surface area (Å²) in [7, 11) is 0.492. The Hall–Kier alpha value is 0.0169. The SMILES string of the molecule is CCC(N)[Si](OC)(OC)OCCCN. The van der Waals surface area contributed by atoms with Crippen molar-refractivity contribution in [1.29, 1.82) is 0 Å². The zero-order valence-corrected chi connectivity index (χ0v) is 10.3. The second-order valence-corrected chi connectivity index (χ2v) is 6.07. The molecule has 0 heterocycles. The molecular formula is C8H22N2O3Si. The average molecular weight is 222 g/mol. The monoisotopic (exact) mass is 222 g/mol. The van der Waals surface area contributed by atoms with Gasteiger partial charge in [0.2, 0.25) is 0 Å². The molecule has 1 atom stereocenters. The third-order valence-corrected chi connectivity index (χ3v) is 5.18. The lowest BCUT2D eigenvalue weighted by Gasteiger charge is -2.30. The first-order valence-corrected chi connectivity index (χ1v) is 6.67. The third kappa shape index (κ3) is 3.64. The van der Waals surface area contributed by atoms with Crippen molar-refractivity contribution < 1.29 is 13.3 Å². The van der Waals surface area contributed by atoms with Crippen LogP contribution in [0.3, 0.4) is 0 Å². The molecule has 0 fully saturated rings. The van der Waals surface area contributed by atoms with Crippen LogP contribution in [0.2, 0.25) is 0 Å². The van der Waals surface area contributed by atoms with Gasteiger partial charge >= 0.3 is 8.80 Å². The molecule has 5 nitrogen and oxygen atoms in total. The van der Waals surface area contributed by atoms with Crippen LogP contribution in [0.15, 0.2) is 0 Å². The highest BCUT2D eigenvalue weighted by Gasteiger charge is 2.45. The van der Waals surface area contributed by atoms with E-state index in [1.165, 1.54) is 0 Å². The summed E-state index contributed by atoms with van der Waals surface area (Å²) in [5.74, 6) is 0. The molecular weight excluding hydrogens is 200 g/mol. The zero-order chi connectivity index (χ0) is 11.0. The van der Waals surface area contributed by atoms with Gasteiger partial charge in [-0.1, -0.05) is 6.92 Å². The van der Waals surface area contributed by atoms with Crippen molar-refractivity contribution in [2.45, 2.75) is 25.4 Å². The highest BCUT2D eigenvalue weighted by atomic mass is 28.4. The van der Waals surface area contributed by atoms with E-state index >= 15 is 0 Å². The van der Waals surface area contributed by atoms with Crippen molar-refractivity contribution in [3.8, 4) is 0 Å². The standard InChI is InChI=1S/C8H22N2O3Si/c1-4-8(10)14(11-2,12-3)13-7-5-6-9/h8H,4-7,9-10H2,1-3H3. The van der Waals surface area contributed by atoms with E-state index in [9.17, 15) is 0 Å². The van der Waals surface area contributed by atoms with Gasteiger partial charge in [0.05, 0.1) is 5.67 Å². The Morgan fingerprint density at radius 1 is 1.29 bits per heavy atom. The number of rotatable bonds is 8. The van der Waals surface area contributed by atoms with Crippen LogP contribution in [0.4, 0.5) is 0 Å². The van der Waals surface area contributed by atoms with E-state index in [1.54, 1.807) is 14.2 Å². The van der Waals surface area contributed by atoms with Crippen molar-refractivity contribution in [3.63, 3.8) is 0 Å². The molecule has 0 aliphatic rings. The van der Waals surface area contributed by atoms with E-state index < -0.39 is 8.80 Å². The lowest BCUT2D eigenvalue weighted by atomic mass is 10.5. The molecule has 0 saturated heterocycles. The molecule has 4 N–H and O–H groups in total. The summed E-state index contributed by atoms with van der Waals surface area (Å²) in [5.41, 5.74) is 11.1. The van der Waals surface area contributed by atoms with Crippen molar-refractivity contribution in [3.05, 3.63) is 0 Å². The van der Waals surface area contributed by atoms with Crippen molar-refractivity contribution in [1.82, 2.24) is 0 Å². The summed E-state index contributed by atoms with van der Waals surface area (Å²) in [5, 5.41) is 0. The van der Waals surface area contributed by atoms with Crippen LogP contribution in [-0.4, -0.2) is 41.8 Å². The lowest BCUT2D eigenvalue weighted by Crippen LogP contribution is -2.59. The van der Waals surface area contributed by atoms with Gasteiger partial charge in [-0.3, -0.25) is 0 Å². The molecule has 0 aromatic heterocycles. The van der Waals surface area contributed by atoms with Gasteiger partial charge in [-0.15, -0.1) is 0 Å². The third-order valence-electron chi connectivity index (χ3n) is 2.11. The number of nitrogens with two attached hydrogens (primary N) is 2. The molecule has 1 unspecified atom stereocenters. The van der Waals surface area contributed by atoms with Gasteiger partial charge in [-0.2, -0.15) is 0 Å². The van der Waals surface area contributed by atoms with Crippen LogP contribution < -0.4 is 11.5 Å². The molecule has 0 bridgehead atoms. The second-order valence-electron chi connectivity index (χ2n) is 3.02. The highest BCUT2D eigenvalue weighted by Crippen LogP contribution is 2.13. The van der Waals surface area contributed by atoms with Gasteiger partial charge in [0.15, 0.2) is 0 Å². The van der Waals surface area contributed by atoms with Crippen LogP contribution in [0.1, 0.15) is 19.8 Å². The van der Waals surface area contributed by atoms with Gasteiger partial charge in [-0.25, -0.2) is 0 Å². The predicted octanol–water partition coefficient (Wildman–Crippen LogP) is -0.140. The smallest absolute Gasteiger partial charge is 0.376 e. The van der Waals surface area contributed by atoms with E-state index in [1.807, 2.05) is 6.92 Å². The van der Waals surface area contributed by atoms with Crippen molar-refractivity contribution in [2.24, 2.45) is 11.5 Å². The molecule has 6 heteroatoms. The Labute approximate surface area is 87.1 Å². The molecule has 0 saturated carbocycles. The molecule has 0 spiro atoms. The molecule has 0 amide bonds. The Bertz CT molecular complexity index is 145. The van der Waals surface area contributed by atoms with Gasteiger partial charge in [0.25, 0.3) is 0 Å². The molecule has 86 valence electrons. The van der Waals surface area contributed by atoms with Gasteiger partial charge < -0.3 is 24.7 Å². The summed E-state index contributed by atoms with van der Waals surface area (Å²) >= 11 is 0. The number of hydrogen-bond donors (Lipinski definition) is 2. The Balaban J connectivity index is 4.21. The first-order chi connectivity index (χ1) is 6.66. The summed E-state index contributed by atoms with van der Waals surface area (Å²) in [6.07, 6.45) is 1.56. The molecule has 14 heavy (non-hydrogen) atoms. The van der Waals surface area contributed by atoms with Crippen LogP contribution >= 0.6 is 0 Å². The molecule has 0 rings (SSSR count). The minimum atomic E-state index is -2.66. The van der Waals surface area contributed by atoms with Crippen LogP contribution in [0, 0.1) is 0 Å². The molecule has 0 aromatic rings. The first-order valence-electron chi connectivity index (χ1n) is 4.86. The maximum absolute atomic E-state index is 5.91. The van der Waals surface area contributed by atoms with Crippen LogP contribution in [-0.2, 0) is 13.3 Å². The minimum Gasteiger partial charge on any atom is -0.376 e. The number of hydrogen-bond acceptors (Lipinski definition) is 5. The normalized spacial score (nSPS) is 14.4. The summed E-state index contributed by atoms with van der Waals surface area (Å²) in [6, 6.07) is 0. The molecule has 0 radical (unpaired) electrons. The summed E-state index contributed by atoms with van der Waals surface area (Å²) < 4.78 is 16.2. The first kappa shape index (κ1) is 14.0. The topological polar surface area (TPSA) is 79.7 Å². The Morgan fingerprint density at radius 2 is 1.86 bits per heavy atom. The largest absolute Gasteiger partial charge is 0.518 e. The Morgan fingerprint density at radius 3 is 2.21 bits per heavy atom. The maximum Gasteiger partial charge on any atom is 0.518 e. The van der Waals surface area contributed by atoms with Crippen molar-refractivity contribution in [2.75, 3.05) is 27.4 Å². The van der Waals surface area contributed by atoms with Gasteiger partial charge in [0, 0.05) is 20.8 Å². The fourth-order valence-corrected chi connectivity index (χ4v) is 3.31. The van der Waals surface area contributed by atoms with Gasteiger partial charge in [0.1, 0.15) is 0 Å². The van der Waals surface area contributed by atoms with Gasteiger partial charge in [-0.05, 0) is 19.4 Å².